The summed E-state index contributed by atoms with van der Waals surface area (Å²) in [5, 5.41) is 10.1. The molecule has 1 atom stereocenters. The molecule has 0 bridgehead atoms. The molecule has 7 heteroatoms. The maximum absolute atomic E-state index is 12.1. The summed E-state index contributed by atoms with van der Waals surface area (Å²) in [7, 11) is -3.47. The maximum atomic E-state index is 12.1. The van der Waals surface area contributed by atoms with Crippen LogP contribution in [0.3, 0.4) is 0 Å². The number of nitro benzene ring substituents is 1. The van der Waals surface area contributed by atoms with Gasteiger partial charge >= 0.3 is 0 Å². The highest BCUT2D eigenvalue weighted by atomic mass is 35.5. The highest BCUT2D eigenvalue weighted by Crippen LogP contribution is 2.25. The second-order valence-electron chi connectivity index (χ2n) is 4.04. The van der Waals surface area contributed by atoms with Gasteiger partial charge in [-0.05, 0) is 32.4 Å². The maximum Gasteiger partial charge on any atom is 0.272 e. The van der Waals surface area contributed by atoms with Crippen molar-refractivity contribution in [3.05, 3.63) is 33.9 Å². The molecule has 0 fully saturated rings. The predicted molar refractivity (Wildman–Crippen MR) is 69.8 cm³/mol. The Labute approximate surface area is 111 Å². The van der Waals surface area contributed by atoms with Crippen molar-refractivity contribution in [1.82, 2.24) is 0 Å². The molecule has 0 heterocycles. The van der Waals surface area contributed by atoms with Crippen molar-refractivity contribution in [2.75, 3.05) is 5.88 Å². The summed E-state index contributed by atoms with van der Waals surface area (Å²) >= 11 is 5.53. The smallest absolute Gasteiger partial charge is 0.258 e. The fraction of sp³-hybridized carbons (Fsp3) is 0.455. The first-order chi connectivity index (χ1) is 8.30. The molecule has 0 aliphatic rings. The first kappa shape index (κ1) is 14.9. The van der Waals surface area contributed by atoms with Gasteiger partial charge in [0.05, 0.1) is 15.1 Å². The van der Waals surface area contributed by atoms with Crippen LogP contribution < -0.4 is 0 Å². The van der Waals surface area contributed by atoms with Crippen molar-refractivity contribution < 1.29 is 13.3 Å². The summed E-state index contributed by atoms with van der Waals surface area (Å²) in [4.78, 5) is 10.2. The summed E-state index contributed by atoms with van der Waals surface area (Å²) in [6.45, 7) is 3.10. The molecule has 0 N–H and O–H groups in total. The lowest BCUT2D eigenvalue weighted by atomic mass is 10.2. The summed E-state index contributed by atoms with van der Waals surface area (Å²) in [6.07, 6.45) is 0.347. The Morgan fingerprint density at radius 2 is 2.06 bits per heavy atom. The third-order valence-corrected chi connectivity index (χ3v) is 5.16. The first-order valence-corrected chi connectivity index (χ1v) is 7.43. The van der Waals surface area contributed by atoms with E-state index in [0.717, 1.165) is 0 Å². The van der Waals surface area contributed by atoms with E-state index in [1.165, 1.54) is 25.1 Å². The van der Waals surface area contributed by atoms with E-state index in [0.29, 0.717) is 12.0 Å². The molecular formula is C11H14ClNO4S. The van der Waals surface area contributed by atoms with Gasteiger partial charge < -0.3 is 0 Å². The monoisotopic (exact) mass is 291 g/mol. The Balaban J connectivity index is 3.19. The Hall–Kier alpha value is -1.14. The molecule has 1 unspecified atom stereocenters. The van der Waals surface area contributed by atoms with Crippen molar-refractivity contribution >= 4 is 27.1 Å². The quantitative estimate of drug-likeness (QED) is 0.475. The zero-order chi connectivity index (χ0) is 13.9. The summed E-state index contributed by atoms with van der Waals surface area (Å²) in [5.74, 6) is 0.256. The minimum Gasteiger partial charge on any atom is -0.258 e. The van der Waals surface area contributed by atoms with Crippen LogP contribution in [0.15, 0.2) is 23.1 Å². The number of nitro groups is 1. The summed E-state index contributed by atoms with van der Waals surface area (Å²) in [6, 6.07) is 3.82. The molecule has 1 rings (SSSR count). The number of sulfone groups is 1. The highest BCUT2D eigenvalue weighted by molar-refractivity contribution is 7.92. The molecule has 0 saturated heterocycles. The van der Waals surface area contributed by atoms with Crippen LogP contribution >= 0.6 is 11.6 Å². The van der Waals surface area contributed by atoms with Crippen molar-refractivity contribution in [2.45, 2.75) is 30.4 Å². The van der Waals surface area contributed by atoms with E-state index >= 15 is 0 Å². The molecule has 0 aliphatic heterocycles. The zero-order valence-corrected chi connectivity index (χ0v) is 11.7. The molecule has 1 aromatic carbocycles. The van der Waals surface area contributed by atoms with Gasteiger partial charge in [0.2, 0.25) is 0 Å². The fourth-order valence-electron chi connectivity index (χ4n) is 1.55. The molecule has 100 valence electrons. The Kier molecular flexibility index (Phi) is 4.70. The van der Waals surface area contributed by atoms with E-state index in [4.69, 9.17) is 11.6 Å². The van der Waals surface area contributed by atoms with Crippen molar-refractivity contribution in [1.29, 1.82) is 0 Å². The number of hydrogen-bond donors (Lipinski definition) is 0. The standard InChI is InChI=1S/C11H14ClNO4S/c1-8-7-10(3-4-11(8)13(14)15)18(16,17)9(2)5-6-12/h3-4,7,9H,5-6H2,1-2H3. The average molecular weight is 292 g/mol. The third kappa shape index (κ3) is 3.00. The Morgan fingerprint density at radius 3 is 2.50 bits per heavy atom. The zero-order valence-electron chi connectivity index (χ0n) is 10.1. The lowest BCUT2D eigenvalue weighted by Gasteiger charge is -2.11. The first-order valence-electron chi connectivity index (χ1n) is 5.35. The molecular weight excluding hydrogens is 278 g/mol. The number of alkyl halides is 1. The third-order valence-electron chi connectivity index (χ3n) is 2.74. The number of hydrogen-bond acceptors (Lipinski definition) is 4. The number of aryl methyl sites for hydroxylation is 1. The van der Waals surface area contributed by atoms with Crippen molar-refractivity contribution in [2.24, 2.45) is 0 Å². The topological polar surface area (TPSA) is 77.3 Å². The van der Waals surface area contributed by atoms with E-state index in [1.54, 1.807) is 6.92 Å². The highest BCUT2D eigenvalue weighted by Gasteiger charge is 2.24. The van der Waals surface area contributed by atoms with Crippen LogP contribution in [-0.4, -0.2) is 24.5 Å². The molecule has 1 aromatic rings. The van der Waals surface area contributed by atoms with Gasteiger partial charge in [-0.1, -0.05) is 0 Å². The van der Waals surface area contributed by atoms with E-state index < -0.39 is 20.0 Å². The fourth-order valence-corrected chi connectivity index (χ4v) is 3.50. The molecule has 0 aromatic heterocycles. The largest absolute Gasteiger partial charge is 0.272 e. The minimum absolute atomic E-state index is 0.0843. The lowest BCUT2D eigenvalue weighted by Crippen LogP contribution is -2.18. The van der Waals surface area contributed by atoms with Gasteiger partial charge in [0.25, 0.3) is 5.69 Å². The van der Waals surface area contributed by atoms with E-state index in [2.05, 4.69) is 0 Å². The lowest BCUT2D eigenvalue weighted by molar-refractivity contribution is -0.385. The summed E-state index contributed by atoms with van der Waals surface area (Å²) < 4.78 is 24.3. The van der Waals surface area contributed by atoms with Crippen LogP contribution in [0.2, 0.25) is 0 Å². The van der Waals surface area contributed by atoms with Crippen molar-refractivity contribution in [3.8, 4) is 0 Å². The molecule has 0 amide bonds. The Bertz CT molecular complexity index is 556. The average Bonchev–Trinajstić information content (AvgIpc) is 2.28. The van der Waals surface area contributed by atoms with Crippen molar-refractivity contribution in [3.63, 3.8) is 0 Å². The van der Waals surface area contributed by atoms with Gasteiger partial charge in [-0.15, -0.1) is 11.6 Å². The van der Waals surface area contributed by atoms with Gasteiger partial charge in [0.1, 0.15) is 0 Å². The molecule has 0 aliphatic carbocycles. The van der Waals surface area contributed by atoms with Gasteiger partial charge in [-0.3, -0.25) is 10.1 Å². The van der Waals surface area contributed by atoms with E-state index in [9.17, 15) is 18.5 Å². The second kappa shape index (κ2) is 5.67. The van der Waals surface area contributed by atoms with E-state index in [1.807, 2.05) is 0 Å². The number of halogens is 1. The van der Waals surface area contributed by atoms with Crippen LogP contribution in [0, 0.1) is 17.0 Å². The van der Waals surface area contributed by atoms with Gasteiger partial charge in [-0.2, -0.15) is 0 Å². The molecule has 0 radical (unpaired) electrons. The van der Waals surface area contributed by atoms with Crippen LogP contribution in [0.1, 0.15) is 18.9 Å². The molecule has 0 saturated carbocycles. The number of rotatable bonds is 5. The van der Waals surface area contributed by atoms with Gasteiger partial charge in [-0.25, -0.2) is 8.42 Å². The number of benzene rings is 1. The normalized spacial score (nSPS) is 13.3. The van der Waals surface area contributed by atoms with Crippen LogP contribution in [0.25, 0.3) is 0 Å². The molecule has 0 spiro atoms. The Morgan fingerprint density at radius 1 is 1.44 bits per heavy atom. The minimum atomic E-state index is -3.47. The SMILES string of the molecule is Cc1cc(S(=O)(=O)C(C)CCCl)ccc1[N+](=O)[O-]. The predicted octanol–water partition coefficient (Wildman–Crippen LogP) is 2.69. The molecule has 18 heavy (non-hydrogen) atoms. The number of nitrogens with zero attached hydrogens (tertiary/aromatic N) is 1. The van der Waals surface area contributed by atoms with Crippen LogP contribution in [-0.2, 0) is 9.84 Å². The van der Waals surface area contributed by atoms with E-state index in [-0.39, 0.29) is 16.5 Å². The van der Waals surface area contributed by atoms with Gasteiger partial charge in [0, 0.05) is 17.5 Å². The summed E-state index contributed by atoms with van der Waals surface area (Å²) in [5.41, 5.74) is 0.248. The molecule has 5 nitrogen and oxygen atoms in total. The van der Waals surface area contributed by atoms with Crippen LogP contribution in [0.5, 0.6) is 0 Å². The van der Waals surface area contributed by atoms with Gasteiger partial charge in [0.15, 0.2) is 9.84 Å². The van der Waals surface area contributed by atoms with Crippen LogP contribution in [0.4, 0.5) is 5.69 Å². The second-order valence-corrected chi connectivity index (χ2v) is 6.78.